The number of para-hydroxylation sites is 1. The third-order valence-corrected chi connectivity index (χ3v) is 4.34. The molecule has 1 aliphatic rings. The molecule has 1 saturated heterocycles. The summed E-state index contributed by atoms with van der Waals surface area (Å²) in [5.74, 6) is 1.13. The van der Waals surface area contributed by atoms with Gasteiger partial charge in [-0.1, -0.05) is 18.2 Å². The molecule has 0 aliphatic carbocycles. The Morgan fingerprint density at radius 3 is 2.88 bits per heavy atom. The summed E-state index contributed by atoms with van der Waals surface area (Å²) >= 11 is 0. The van der Waals surface area contributed by atoms with Crippen LogP contribution in [0.1, 0.15) is 35.0 Å². The van der Waals surface area contributed by atoms with Crippen molar-refractivity contribution in [3.63, 3.8) is 0 Å². The van der Waals surface area contributed by atoms with Gasteiger partial charge in [0, 0.05) is 25.5 Å². The van der Waals surface area contributed by atoms with Gasteiger partial charge >= 0.3 is 6.01 Å². The van der Waals surface area contributed by atoms with Gasteiger partial charge in [-0.05, 0) is 42.3 Å². The van der Waals surface area contributed by atoms with Gasteiger partial charge in [-0.15, -0.1) is 0 Å². The van der Waals surface area contributed by atoms with Crippen LogP contribution in [0.25, 0.3) is 0 Å². The summed E-state index contributed by atoms with van der Waals surface area (Å²) in [7, 11) is 0. The SMILES string of the molecule is O=C(c1cccnc1)N1CCCC(c2nc(Oc3ccccc3)no2)C1. The maximum atomic E-state index is 12.6. The summed E-state index contributed by atoms with van der Waals surface area (Å²) < 4.78 is 11.0. The van der Waals surface area contributed by atoms with Crippen LogP contribution in [0.3, 0.4) is 0 Å². The standard InChI is InChI=1S/C19H18N4O3/c24-18(14-6-4-10-20-12-14)23-11-5-7-15(13-23)17-21-19(22-26-17)25-16-8-2-1-3-9-16/h1-4,6,8-10,12,15H,5,7,11,13H2. The molecule has 132 valence electrons. The highest BCUT2D eigenvalue weighted by atomic mass is 16.6. The molecule has 1 amide bonds. The number of amides is 1. The largest absolute Gasteiger partial charge is 0.422 e. The van der Waals surface area contributed by atoms with Crippen molar-refractivity contribution in [2.24, 2.45) is 0 Å². The Hall–Kier alpha value is -3.22. The van der Waals surface area contributed by atoms with E-state index in [9.17, 15) is 4.79 Å². The first kappa shape index (κ1) is 16.3. The first-order valence-corrected chi connectivity index (χ1v) is 8.55. The van der Waals surface area contributed by atoms with E-state index in [0.29, 0.717) is 30.3 Å². The average Bonchev–Trinajstić information content (AvgIpc) is 3.17. The molecule has 7 nitrogen and oxygen atoms in total. The Labute approximate surface area is 150 Å². The van der Waals surface area contributed by atoms with E-state index in [4.69, 9.17) is 9.26 Å². The van der Waals surface area contributed by atoms with Crippen LogP contribution in [0, 0.1) is 0 Å². The van der Waals surface area contributed by atoms with E-state index in [0.717, 1.165) is 12.8 Å². The molecular formula is C19H18N4O3. The number of pyridine rings is 1. The van der Waals surface area contributed by atoms with Gasteiger partial charge in [0.2, 0.25) is 5.89 Å². The first-order chi connectivity index (χ1) is 12.8. The fourth-order valence-electron chi connectivity index (χ4n) is 3.06. The van der Waals surface area contributed by atoms with Gasteiger partial charge in [0.05, 0.1) is 11.5 Å². The van der Waals surface area contributed by atoms with E-state index in [2.05, 4.69) is 15.1 Å². The number of carbonyl (C=O) groups is 1. The van der Waals surface area contributed by atoms with Crippen molar-refractivity contribution >= 4 is 5.91 Å². The van der Waals surface area contributed by atoms with Crippen molar-refractivity contribution in [3.8, 4) is 11.8 Å². The molecule has 0 bridgehead atoms. The molecule has 0 saturated carbocycles. The van der Waals surface area contributed by atoms with E-state index in [1.165, 1.54) is 0 Å². The van der Waals surface area contributed by atoms with Crippen LogP contribution in [-0.4, -0.2) is 39.0 Å². The second kappa shape index (κ2) is 7.35. The molecule has 2 aromatic heterocycles. The number of piperidine rings is 1. The van der Waals surface area contributed by atoms with Crippen LogP contribution in [0.15, 0.2) is 59.4 Å². The third kappa shape index (κ3) is 3.56. The summed E-state index contributed by atoms with van der Waals surface area (Å²) in [5, 5.41) is 3.89. The van der Waals surface area contributed by atoms with Gasteiger partial charge in [0.1, 0.15) is 5.75 Å². The smallest absolute Gasteiger partial charge is 0.359 e. The quantitative estimate of drug-likeness (QED) is 0.718. The molecule has 0 spiro atoms. The highest BCUT2D eigenvalue weighted by Gasteiger charge is 2.29. The summed E-state index contributed by atoms with van der Waals surface area (Å²) in [6.45, 7) is 1.26. The number of likely N-dealkylation sites (tertiary alicyclic amines) is 1. The zero-order valence-electron chi connectivity index (χ0n) is 14.1. The lowest BCUT2D eigenvalue weighted by molar-refractivity contribution is 0.0695. The highest BCUT2D eigenvalue weighted by Crippen LogP contribution is 2.28. The van der Waals surface area contributed by atoms with Crippen molar-refractivity contribution < 1.29 is 14.1 Å². The monoisotopic (exact) mass is 350 g/mol. The first-order valence-electron chi connectivity index (χ1n) is 8.55. The van der Waals surface area contributed by atoms with Crippen LogP contribution >= 0.6 is 0 Å². The summed E-state index contributed by atoms with van der Waals surface area (Å²) in [5.41, 5.74) is 0.590. The predicted octanol–water partition coefficient (Wildman–Crippen LogP) is 3.28. The summed E-state index contributed by atoms with van der Waals surface area (Å²) in [6.07, 6.45) is 5.02. The Morgan fingerprint density at radius 2 is 2.08 bits per heavy atom. The zero-order chi connectivity index (χ0) is 17.8. The number of ether oxygens (including phenoxy) is 1. The van der Waals surface area contributed by atoms with Gasteiger partial charge in [-0.3, -0.25) is 9.78 Å². The normalized spacial score (nSPS) is 17.1. The van der Waals surface area contributed by atoms with Crippen molar-refractivity contribution in [1.29, 1.82) is 0 Å². The number of aromatic nitrogens is 3. The molecule has 1 aromatic carbocycles. The van der Waals surface area contributed by atoms with Gasteiger partial charge in [0.25, 0.3) is 5.91 Å². The maximum Gasteiger partial charge on any atom is 0.359 e. The summed E-state index contributed by atoms with van der Waals surface area (Å²) in [6, 6.07) is 13.0. The van der Waals surface area contributed by atoms with E-state index >= 15 is 0 Å². The number of nitrogens with zero attached hydrogens (tertiary/aromatic N) is 4. The van der Waals surface area contributed by atoms with Crippen LogP contribution in [0.5, 0.6) is 11.8 Å². The van der Waals surface area contributed by atoms with Crippen molar-refractivity contribution in [1.82, 2.24) is 20.0 Å². The zero-order valence-corrected chi connectivity index (χ0v) is 14.1. The van der Waals surface area contributed by atoms with Gasteiger partial charge < -0.3 is 14.2 Å². The number of hydrogen-bond acceptors (Lipinski definition) is 6. The molecule has 1 aliphatic heterocycles. The number of rotatable bonds is 4. The van der Waals surface area contributed by atoms with Crippen molar-refractivity contribution in [2.45, 2.75) is 18.8 Å². The number of benzene rings is 1. The second-order valence-corrected chi connectivity index (χ2v) is 6.16. The molecule has 3 heterocycles. The van der Waals surface area contributed by atoms with E-state index in [1.807, 2.05) is 35.2 Å². The molecule has 4 rings (SSSR count). The molecule has 1 fully saturated rings. The van der Waals surface area contributed by atoms with Crippen molar-refractivity contribution in [2.75, 3.05) is 13.1 Å². The van der Waals surface area contributed by atoms with Gasteiger partial charge in [-0.25, -0.2) is 0 Å². The minimum atomic E-state index is -0.0249. The fourth-order valence-corrected chi connectivity index (χ4v) is 3.06. The van der Waals surface area contributed by atoms with Crippen LogP contribution < -0.4 is 4.74 Å². The molecule has 0 N–H and O–H groups in total. The average molecular weight is 350 g/mol. The molecule has 26 heavy (non-hydrogen) atoms. The van der Waals surface area contributed by atoms with Gasteiger partial charge in [0.15, 0.2) is 0 Å². The van der Waals surface area contributed by atoms with Crippen molar-refractivity contribution in [3.05, 3.63) is 66.3 Å². The highest BCUT2D eigenvalue weighted by molar-refractivity contribution is 5.93. The number of hydrogen-bond donors (Lipinski definition) is 0. The second-order valence-electron chi connectivity index (χ2n) is 6.16. The minimum Gasteiger partial charge on any atom is -0.422 e. The molecule has 0 radical (unpaired) electrons. The Morgan fingerprint density at radius 1 is 1.19 bits per heavy atom. The molecule has 7 heteroatoms. The van der Waals surface area contributed by atoms with Crippen LogP contribution in [-0.2, 0) is 0 Å². The third-order valence-electron chi connectivity index (χ3n) is 4.34. The minimum absolute atomic E-state index is 0.00462. The van der Waals surface area contributed by atoms with E-state index in [-0.39, 0.29) is 17.8 Å². The molecular weight excluding hydrogens is 332 g/mol. The van der Waals surface area contributed by atoms with Crippen LogP contribution in [0.2, 0.25) is 0 Å². The summed E-state index contributed by atoms with van der Waals surface area (Å²) in [4.78, 5) is 22.8. The number of carbonyl (C=O) groups excluding carboxylic acids is 1. The van der Waals surface area contributed by atoms with Crippen LogP contribution in [0.4, 0.5) is 0 Å². The fraction of sp³-hybridized carbons (Fsp3) is 0.263. The topological polar surface area (TPSA) is 81.4 Å². The Bertz CT molecular complexity index is 867. The lowest BCUT2D eigenvalue weighted by atomic mass is 9.97. The molecule has 1 unspecified atom stereocenters. The lowest BCUT2D eigenvalue weighted by Gasteiger charge is -2.30. The van der Waals surface area contributed by atoms with E-state index in [1.54, 1.807) is 24.5 Å². The Kier molecular flexibility index (Phi) is 4.59. The van der Waals surface area contributed by atoms with E-state index < -0.39 is 0 Å². The lowest BCUT2D eigenvalue weighted by Crippen LogP contribution is -2.39. The molecule has 1 atom stereocenters. The molecule has 3 aromatic rings. The van der Waals surface area contributed by atoms with Gasteiger partial charge in [-0.2, -0.15) is 4.98 Å². The Balaban J connectivity index is 1.44. The predicted molar refractivity (Wildman–Crippen MR) is 92.9 cm³/mol. The maximum absolute atomic E-state index is 12.6.